The van der Waals surface area contributed by atoms with Crippen molar-refractivity contribution < 1.29 is 14.5 Å². The molecule has 2 amide bonds. The normalized spacial score (nSPS) is 10.6. The van der Waals surface area contributed by atoms with Crippen LogP contribution in [0.5, 0.6) is 0 Å². The smallest absolute Gasteiger partial charge is 0.267 e. The summed E-state index contributed by atoms with van der Waals surface area (Å²) in [5.41, 5.74) is 5.14. The Bertz CT molecular complexity index is 1480. The standard InChI is InChI=1S/C24H19N5O5/c1-15-11-12-17(13-20(15)29(33)34)22(30)25-26-23(31)21-18-9-5-6-10-19(18)24(32)28(27-21)14-16-7-3-2-4-8-16/h2-13H,14H2,1H3,(H,25,30)(H,26,31). The van der Waals surface area contributed by atoms with Gasteiger partial charge in [-0.3, -0.25) is 35.3 Å². The number of benzene rings is 3. The van der Waals surface area contributed by atoms with E-state index in [0.29, 0.717) is 16.3 Å². The lowest BCUT2D eigenvalue weighted by Gasteiger charge is -2.12. The number of nitro groups is 1. The van der Waals surface area contributed by atoms with E-state index in [4.69, 9.17) is 0 Å². The molecule has 10 heteroatoms. The van der Waals surface area contributed by atoms with Gasteiger partial charge in [0.15, 0.2) is 5.69 Å². The Morgan fingerprint density at radius 3 is 2.29 bits per heavy atom. The summed E-state index contributed by atoms with van der Waals surface area (Å²) in [4.78, 5) is 48.9. The van der Waals surface area contributed by atoms with E-state index in [0.717, 1.165) is 11.6 Å². The van der Waals surface area contributed by atoms with Crippen LogP contribution in [0, 0.1) is 17.0 Å². The molecule has 0 unspecified atom stereocenters. The lowest BCUT2D eigenvalue weighted by atomic mass is 10.1. The number of amides is 2. The summed E-state index contributed by atoms with van der Waals surface area (Å²) in [6.07, 6.45) is 0. The van der Waals surface area contributed by atoms with Gasteiger partial charge in [-0.2, -0.15) is 5.10 Å². The van der Waals surface area contributed by atoms with Gasteiger partial charge in [0.05, 0.1) is 16.9 Å². The highest BCUT2D eigenvalue weighted by molar-refractivity contribution is 6.06. The highest BCUT2D eigenvalue weighted by Crippen LogP contribution is 2.19. The molecule has 0 bridgehead atoms. The van der Waals surface area contributed by atoms with Gasteiger partial charge in [0.2, 0.25) is 0 Å². The van der Waals surface area contributed by atoms with E-state index in [9.17, 15) is 24.5 Å². The lowest BCUT2D eigenvalue weighted by Crippen LogP contribution is -2.42. The van der Waals surface area contributed by atoms with Gasteiger partial charge < -0.3 is 0 Å². The second-order valence-electron chi connectivity index (χ2n) is 7.51. The molecule has 0 fully saturated rings. The van der Waals surface area contributed by atoms with Crippen LogP contribution < -0.4 is 16.4 Å². The van der Waals surface area contributed by atoms with Crippen molar-refractivity contribution in [3.8, 4) is 0 Å². The molecular weight excluding hydrogens is 438 g/mol. The van der Waals surface area contributed by atoms with Gasteiger partial charge in [-0.1, -0.05) is 54.6 Å². The second kappa shape index (κ2) is 9.33. The third kappa shape index (κ3) is 4.51. The first-order valence-electron chi connectivity index (χ1n) is 10.2. The molecule has 2 N–H and O–H groups in total. The van der Waals surface area contributed by atoms with E-state index < -0.39 is 16.7 Å². The molecule has 1 aromatic heterocycles. The zero-order chi connectivity index (χ0) is 24.2. The molecule has 0 spiro atoms. The number of nitrogens with zero attached hydrogens (tertiary/aromatic N) is 3. The van der Waals surface area contributed by atoms with E-state index in [1.165, 1.54) is 16.8 Å². The molecule has 0 aliphatic carbocycles. The van der Waals surface area contributed by atoms with Crippen molar-refractivity contribution >= 4 is 28.3 Å². The fourth-order valence-electron chi connectivity index (χ4n) is 3.46. The van der Waals surface area contributed by atoms with Crippen molar-refractivity contribution in [3.63, 3.8) is 0 Å². The SMILES string of the molecule is Cc1ccc(C(=O)NNC(=O)c2nn(Cc3ccccc3)c(=O)c3ccccc23)cc1[N+](=O)[O-]. The fourth-order valence-corrected chi connectivity index (χ4v) is 3.46. The number of nitrogens with one attached hydrogen (secondary N) is 2. The molecule has 0 aliphatic rings. The number of fused-ring (bicyclic) bond motifs is 1. The minimum atomic E-state index is -0.743. The van der Waals surface area contributed by atoms with Crippen molar-refractivity contribution in [2.24, 2.45) is 0 Å². The number of carbonyl (C=O) groups is 2. The van der Waals surface area contributed by atoms with Crippen LogP contribution in [0.2, 0.25) is 0 Å². The van der Waals surface area contributed by atoms with E-state index in [1.54, 1.807) is 31.2 Å². The first-order chi connectivity index (χ1) is 16.3. The van der Waals surface area contributed by atoms with Crippen molar-refractivity contribution in [1.82, 2.24) is 20.6 Å². The van der Waals surface area contributed by atoms with Crippen LogP contribution in [0.15, 0.2) is 77.6 Å². The Morgan fingerprint density at radius 1 is 0.941 bits per heavy atom. The number of hydrogen-bond acceptors (Lipinski definition) is 6. The van der Waals surface area contributed by atoms with Crippen molar-refractivity contribution in [1.29, 1.82) is 0 Å². The Kier molecular flexibility index (Phi) is 6.13. The summed E-state index contributed by atoms with van der Waals surface area (Å²) in [6.45, 7) is 1.72. The maximum Gasteiger partial charge on any atom is 0.290 e. The largest absolute Gasteiger partial charge is 0.290 e. The highest BCUT2D eigenvalue weighted by Gasteiger charge is 2.19. The molecule has 10 nitrogen and oxygen atoms in total. The number of hydrazine groups is 1. The van der Waals surface area contributed by atoms with E-state index >= 15 is 0 Å². The predicted molar refractivity (Wildman–Crippen MR) is 124 cm³/mol. The number of nitro benzene ring substituents is 1. The molecule has 34 heavy (non-hydrogen) atoms. The van der Waals surface area contributed by atoms with E-state index in [1.807, 2.05) is 30.3 Å². The van der Waals surface area contributed by atoms with E-state index in [2.05, 4.69) is 16.0 Å². The van der Waals surface area contributed by atoms with Crippen LogP contribution in [0.1, 0.15) is 32.0 Å². The zero-order valence-electron chi connectivity index (χ0n) is 18.0. The summed E-state index contributed by atoms with van der Waals surface area (Å²) >= 11 is 0. The number of carbonyl (C=O) groups excluding carboxylic acids is 2. The number of aryl methyl sites for hydroxylation is 1. The Labute approximate surface area is 193 Å². The zero-order valence-corrected chi connectivity index (χ0v) is 18.0. The average Bonchev–Trinajstić information content (AvgIpc) is 2.85. The third-order valence-electron chi connectivity index (χ3n) is 5.22. The fraction of sp³-hybridized carbons (Fsp3) is 0.0833. The van der Waals surface area contributed by atoms with Crippen LogP contribution in [0.3, 0.4) is 0 Å². The molecule has 0 aliphatic heterocycles. The van der Waals surface area contributed by atoms with Crippen LogP contribution in [0.4, 0.5) is 5.69 Å². The van der Waals surface area contributed by atoms with Crippen LogP contribution >= 0.6 is 0 Å². The summed E-state index contributed by atoms with van der Waals surface area (Å²) in [7, 11) is 0. The van der Waals surface area contributed by atoms with Gasteiger partial charge in [0, 0.05) is 22.6 Å². The van der Waals surface area contributed by atoms with Crippen LogP contribution in [-0.2, 0) is 6.54 Å². The molecule has 0 radical (unpaired) electrons. The number of rotatable bonds is 5. The van der Waals surface area contributed by atoms with Crippen molar-refractivity contribution in [2.45, 2.75) is 13.5 Å². The Balaban J connectivity index is 1.62. The average molecular weight is 457 g/mol. The second-order valence-corrected chi connectivity index (χ2v) is 7.51. The minimum Gasteiger partial charge on any atom is -0.267 e. The van der Waals surface area contributed by atoms with Gasteiger partial charge in [-0.15, -0.1) is 0 Å². The monoisotopic (exact) mass is 457 g/mol. The Morgan fingerprint density at radius 2 is 1.59 bits per heavy atom. The maximum absolute atomic E-state index is 12.9. The van der Waals surface area contributed by atoms with Gasteiger partial charge >= 0.3 is 0 Å². The summed E-state index contributed by atoms with van der Waals surface area (Å²) in [5, 5.41) is 16.0. The molecule has 170 valence electrons. The van der Waals surface area contributed by atoms with Crippen molar-refractivity contribution in [3.05, 3.63) is 116 Å². The maximum atomic E-state index is 12.9. The van der Waals surface area contributed by atoms with Gasteiger partial charge in [-0.25, -0.2) is 4.68 Å². The van der Waals surface area contributed by atoms with Gasteiger partial charge in [-0.05, 0) is 24.6 Å². The summed E-state index contributed by atoms with van der Waals surface area (Å²) in [5.74, 6) is -1.48. The van der Waals surface area contributed by atoms with Gasteiger partial charge in [0.1, 0.15) is 0 Å². The third-order valence-corrected chi connectivity index (χ3v) is 5.22. The first kappa shape index (κ1) is 22.3. The quantitative estimate of drug-likeness (QED) is 0.349. The predicted octanol–water partition coefficient (Wildman–Crippen LogP) is 2.74. The molecule has 0 saturated carbocycles. The number of hydrogen-bond donors (Lipinski definition) is 2. The summed E-state index contributed by atoms with van der Waals surface area (Å²) < 4.78 is 1.19. The Hall–Kier alpha value is -4.86. The molecule has 1 heterocycles. The van der Waals surface area contributed by atoms with Crippen LogP contribution in [-0.4, -0.2) is 26.5 Å². The molecule has 0 saturated heterocycles. The van der Waals surface area contributed by atoms with Crippen LogP contribution in [0.25, 0.3) is 10.8 Å². The molecule has 4 aromatic rings. The molecule has 0 atom stereocenters. The number of aromatic nitrogens is 2. The van der Waals surface area contributed by atoms with E-state index in [-0.39, 0.29) is 29.0 Å². The molecular formula is C24H19N5O5. The van der Waals surface area contributed by atoms with Crippen molar-refractivity contribution in [2.75, 3.05) is 0 Å². The lowest BCUT2D eigenvalue weighted by molar-refractivity contribution is -0.385. The molecule has 3 aromatic carbocycles. The first-order valence-corrected chi connectivity index (χ1v) is 10.2. The van der Waals surface area contributed by atoms with Gasteiger partial charge in [0.25, 0.3) is 23.1 Å². The minimum absolute atomic E-state index is 0.00413. The molecule has 4 rings (SSSR count). The topological polar surface area (TPSA) is 136 Å². The highest BCUT2D eigenvalue weighted by atomic mass is 16.6. The summed E-state index contributed by atoms with van der Waals surface area (Å²) in [6, 6.07) is 19.7.